The molecule has 0 aromatic carbocycles. The minimum absolute atomic E-state index is 0.0745. The molecule has 1 fully saturated rings. The summed E-state index contributed by atoms with van der Waals surface area (Å²) < 4.78 is 10.8. The lowest BCUT2D eigenvalue weighted by molar-refractivity contribution is -0.241. The maximum atomic E-state index is 8.63. The average Bonchev–Trinajstić information content (AvgIpc) is 2.16. The molecule has 1 aliphatic carbocycles. The van der Waals surface area contributed by atoms with Crippen LogP contribution in [0.5, 0.6) is 0 Å². The Morgan fingerprint density at radius 1 is 1.25 bits per heavy atom. The summed E-state index contributed by atoms with van der Waals surface area (Å²) in [7, 11) is 1.68. The first-order valence-corrected chi connectivity index (χ1v) is 4.63. The summed E-state index contributed by atoms with van der Waals surface area (Å²) in [6, 6.07) is 0. The number of ether oxygens (including phenoxy) is 2. The van der Waals surface area contributed by atoms with Crippen LogP contribution in [0.25, 0.3) is 0 Å². The van der Waals surface area contributed by atoms with E-state index in [-0.39, 0.29) is 12.4 Å². The third-order valence-corrected chi connectivity index (χ3v) is 2.44. The molecule has 1 saturated carbocycles. The molecule has 0 radical (unpaired) electrons. The fraction of sp³-hybridized carbons (Fsp3) is 1.00. The highest BCUT2D eigenvalue weighted by atomic mass is 16.7. The topological polar surface area (TPSA) is 38.7 Å². The van der Waals surface area contributed by atoms with Gasteiger partial charge in [0.1, 0.15) is 0 Å². The quantitative estimate of drug-likeness (QED) is 0.653. The highest BCUT2D eigenvalue weighted by molar-refractivity contribution is 4.74. The molecule has 0 amide bonds. The van der Waals surface area contributed by atoms with Gasteiger partial charge in [0, 0.05) is 20.0 Å². The Labute approximate surface area is 73.7 Å². The predicted molar refractivity (Wildman–Crippen MR) is 45.9 cm³/mol. The second-order valence-electron chi connectivity index (χ2n) is 3.25. The van der Waals surface area contributed by atoms with E-state index in [0.29, 0.717) is 6.61 Å². The highest BCUT2D eigenvalue weighted by Gasteiger charge is 2.32. The van der Waals surface area contributed by atoms with Crippen molar-refractivity contribution in [3.8, 4) is 0 Å². The van der Waals surface area contributed by atoms with Crippen molar-refractivity contribution < 1.29 is 14.6 Å². The first-order valence-electron chi connectivity index (χ1n) is 4.63. The molecular formula is C9H18O3. The van der Waals surface area contributed by atoms with Gasteiger partial charge in [-0.05, 0) is 12.8 Å². The summed E-state index contributed by atoms with van der Waals surface area (Å²) in [5.41, 5.74) is 0. The monoisotopic (exact) mass is 174 g/mol. The van der Waals surface area contributed by atoms with Crippen molar-refractivity contribution in [1.29, 1.82) is 0 Å². The van der Waals surface area contributed by atoms with Crippen LogP contribution < -0.4 is 0 Å². The molecule has 0 atom stereocenters. The molecule has 0 bridgehead atoms. The Morgan fingerprint density at radius 2 is 1.92 bits per heavy atom. The summed E-state index contributed by atoms with van der Waals surface area (Å²) in [6.07, 6.45) is 5.53. The third kappa shape index (κ3) is 2.44. The fourth-order valence-electron chi connectivity index (χ4n) is 1.73. The van der Waals surface area contributed by atoms with Gasteiger partial charge in [-0.25, -0.2) is 0 Å². The van der Waals surface area contributed by atoms with Crippen LogP contribution in [0.15, 0.2) is 0 Å². The van der Waals surface area contributed by atoms with E-state index in [0.717, 1.165) is 12.8 Å². The Balaban J connectivity index is 2.37. The second kappa shape index (κ2) is 4.80. The fourth-order valence-corrected chi connectivity index (χ4v) is 1.73. The van der Waals surface area contributed by atoms with Gasteiger partial charge in [-0.15, -0.1) is 0 Å². The van der Waals surface area contributed by atoms with Gasteiger partial charge in [0.25, 0.3) is 0 Å². The third-order valence-electron chi connectivity index (χ3n) is 2.44. The van der Waals surface area contributed by atoms with Crippen LogP contribution in [0.3, 0.4) is 0 Å². The van der Waals surface area contributed by atoms with Crippen molar-refractivity contribution in [2.24, 2.45) is 0 Å². The molecular weight excluding hydrogens is 156 g/mol. The minimum atomic E-state index is -0.388. The van der Waals surface area contributed by atoms with Gasteiger partial charge in [-0.2, -0.15) is 0 Å². The lowest BCUT2D eigenvalue weighted by Crippen LogP contribution is -2.37. The van der Waals surface area contributed by atoms with Gasteiger partial charge in [0.2, 0.25) is 0 Å². The number of hydrogen-bond acceptors (Lipinski definition) is 3. The van der Waals surface area contributed by atoms with Crippen molar-refractivity contribution >= 4 is 0 Å². The molecule has 0 unspecified atom stereocenters. The molecule has 0 spiro atoms. The molecule has 0 aromatic heterocycles. The zero-order valence-electron chi connectivity index (χ0n) is 7.71. The number of aliphatic hydroxyl groups excluding tert-OH is 1. The zero-order chi connectivity index (χ0) is 8.86. The van der Waals surface area contributed by atoms with Crippen LogP contribution in [0.1, 0.15) is 32.1 Å². The lowest BCUT2D eigenvalue weighted by Gasteiger charge is -2.35. The number of hydrogen-bond donors (Lipinski definition) is 1. The van der Waals surface area contributed by atoms with Crippen LogP contribution in [0, 0.1) is 0 Å². The van der Waals surface area contributed by atoms with Crippen LogP contribution in [0.2, 0.25) is 0 Å². The SMILES string of the molecule is COC1(OCCO)CCCCC1. The first-order chi connectivity index (χ1) is 5.83. The lowest BCUT2D eigenvalue weighted by atomic mass is 9.94. The highest BCUT2D eigenvalue weighted by Crippen LogP contribution is 2.31. The van der Waals surface area contributed by atoms with Crippen LogP contribution in [-0.2, 0) is 9.47 Å². The molecule has 3 nitrogen and oxygen atoms in total. The van der Waals surface area contributed by atoms with E-state index in [4.69, 9.17) is 14.6 Å². The maximum absolute atomic E-state index is 8.63. The van der Waals surface area contributed by atoms with Crippen LogP contribution in [-0.4, -0.2) is 31.2 Å². The Morgan fingerprint density at radius 3 is 2.42 bits per heavy atom. The van der Waals surface area contributed by atoms with E-state index in [1.54, 1.807) is 7.11 Å². The number of rotatable bonds is 4. The van der Waals surface area contributed by atoms with Crippen molar-refractivity contribution in [3.63, 3.8) is 0 Å². The molecule has 0 heterocycles. The van der Waals surface area contributed by atoms with Gasteiger partial charge >= 0.3 is 0 Å². The van der Waals surface area contributed by atoms with Gasteiger partial charge < -0.3 is 14.6 Å². The standard InChI is InChI=1S/C9H18O3/c1-11-9(12-8-7-10)5-3-2-4-6-9/h10H,2-8H2,1H3. The van der Waals surface area contributed by atoms with Crippen LogP contribution in [0.4, 0.5) is 0 Å². The normalized spacial score (nSPS) is 22.5. The maximum Gasteiger partial charge on any atom is 0.168 e. The van der Waals surface area contributed by atoms with E-state index >= 15 is 0 Å². The van der Waals surface area contributed by atoms with Crippen molar-refractivity contribution in [1.82, 2.24) is 0 Å². The van der Waals surface area contributed by atoms with Crippen molar-refractivity contribution in [2.75, 3.05) is 20.3 Å². The molecule has 0 saturated heterocycles. The zero-order valence-corrected chi connectivity index (χ0v) is 7.71. The Bertz CT molecular complexity index is 119. The summed E-state index contributed by atoms with van der Waals surface area (Å²) >= 11 is 0. The smallest absolute Gasteiger partial charge is 0.168 e. The first kappa shape index (κ1) is 9.96. The molecule has 12 heavy (non-hydrogen) atoms. The molecule has 0 aliphatic heterocycles. The van der Waals surface area contributed by atoms with Gasteiger partial charge in [0.05, 0.1) is 13.2 Å². The van der Waals surface area contributed by atoms with Gasteiger partial charge in [-0.1, -0.05) is 6.42 Å². The largest absolute Gasteiger partial charge is 0.394 e. The predicted octanol–water partition coefficient (Wildman–Crippen LogP) is 1.30. The van der Waals surface area contributed by atoms with E-state index in [1.165, 1.54) is 19.3 Å². The van der Waals surface area contributed by atoms with E-state index in [1.807, 2.05) is 0 Å². The molecule has 0 aromatic rings. The molecule has 3 heteroatoms. The van der Waals surface area contributed by atoms with E-state index in [9.17, 15) is 0 Å². The summed E-state index contributed by atoms with van der Waals surface area (Å²) in [6.45, 7) is 0.457. The Kier molecular flexibility index (Phi) is 3.98. The summed E-state index contributed by atoms with van der Waals surface area (Å²) in [5, 5.41) is 8.63. The average molecular weight is 174 g/mol. The molecule has 72 valence electrons. The molecule has 1 rings (SSSR count). The second-order valence-corrected chi connectivity index (χ2v) is 3.25. The Hall–Kier alpha value is -0.120. The number of methoxy groups -OCH3 is 1. The summed E-state index contributed by atoms with van der Waals surface area (Å²) in [4.78, 5) is 0. The number of aliphatic hydroxyl groups is 1. The molecule has 1 aliphatic rings. The van der Waals surface area contributed by atoms with Crippen LogP contribution >= 0.6 is 0 Å². The van der Waals surface area contributed by atoms with Crippen molar-refractivity contribution in [2.45, 2.75) is 37.9 Å². The summed E-state index contributed by atoms with van der Waals surface area (Å²) in [5.74, 6) is -0.388. The van der Waals surface area contributed by atoms with Gasteiger partial charge in [-0.3, -0.25) is 0 Å². The van der Waals surface area contributed by atoms with Gasteiger partial charge in [0.15, 0.2) is 5.79 Å². The van der Waals surface area contributed by atoms with E-state index < -0.39 is 0 Å². The minimum Gasteiger partial charge on any atom is -0.394 e. The van der Waals surface area contributed by atoms with Crippen molar-refractivity contribution in [3.05, 3.63) is 0 Å². The van der Waals surface area contributed by atoms with E-state index in [2.05, 4.69) is 0 Å². The molecule has 1 N–H and O–H groups in total.